The number of nitrogens with two attached hydrogens (primary N) is 1. The molecule has 1 aliphatic heterocycles. The Hall–Kier alpha value is -1.66. The van der Waals surface area contributed by atoms with Gasteiger partial charge in [0, 0.05) is 24.6 Å². The van der Waals surface area contributed by atoms with Gasteiger partial charge < -0.3 is 15.8 Å². The number of nitro groups is 1. The molecule has 0 aromatic heterocycles. The molecule has 1 saturated heterocycles. The van der Waals surface area contributed by atoms with Crippen molar-refractivity contribution in [3.63, 3.8) is 0 Å². The van der Waals surface area contributed by atoms with Gasteiger partial charge in [-0.2, -0.15) is 0 Å². The van der Waals surface area contributed by atoms with Gasteiger partial charge in [-0.15, -0.1) is 0 Å². The molecular weight excluding hydrogens is 246 g/mol. The van der Waals surface area contributed by atoms with Crippen molar-refractivity contribution in [2.75, 3.05) is 11.9 Å². The minimum absolute atomic E-state index is 0.00473. The summed E-state index contributed by atoms with van der Waals surface area (Å²) in [5, 5.41) is 14.2. The lowest BCUT2D eigenvalue weighted by Crippen LogP contribution is -2.69. The maximum absolute atomic E-state index is 11.0. The molecule has 4 unspecified atom stereocenters. The number of hydrogen-bond acceptors (Lipinski definition) is 5. The molecule has 19 heavy (non-hydrogen) atoms. The van der Waals surface area contributed by atoms with Crippen molar-refractivity contribution in [3.05, 3.63) is 34.4 Å². The smallest absolute Gasteiger partial charge is 0.292 e. The van der Waals surface area contributed by atoms with Crippen LogP contribution in [0.3, 0.4) is 0 Å². The predicted octanol–water partition coefficient (Wildman–Crippen LogP) is 1.51. The fourth-order valence-electron chi connectivity index (χ4n) is 3.06. The van der Waals surface area contributed by atoms with Gasteiger partial charge in [0.2, 0.25) is 0 Å². The molecule has 3 N–H and O–H groups in total. The number of anilines is 1. The first-order valence-corrected chi connectivity index (χ1v) is 6.55. The van der Waals surface area contributed by atoms with Crippen molar-refractivity contribution in [2.45, 2.75) is 31.0 Å². The maximum Gasteiger partial charge on any atom is 0.292 e. The van der Waals surface area contributed by atoms with E-state index in [0.717, 1.165) is 19.4 Å². The molecule has 1 saturated carbocycles. The fraction of sp³-hybridized carbons (Fsp3) is 0.538. The van der Waals surface area contributed by atoms with Gasteiger partial charge in [0.1, 0.15) is 5.69 Å². The monoisotopic (exact) mass is 263 g/mol. The third-order valence-corrected chi connectivity index (χ3v) is 4.10. The Morgan fingerprint density at radius 3 is 3.00 bits per heavy atom. The normalized spacial score (nSPS) is 33.1. The van der Waals surface area contributed by atoms with E-state index in [1.165, 1.54) is 6.07 Å². The van der Waals surface area contributed by atoms with Gasteiger partial charge in [-0.05, 0) is 18.9 Å². The van der Waals surface area contributed by atoms with Gasteiger partial charge in [-0.25, -0.2) is 0 Å². The quantitative estimate of drug-likeness (QED) is 0.637. The van der Waals surface area contributed by atoms with Crippen molar-refractivity contribution < 1.29 is 9.66 Å². The third-order valence-electron chi connectivity index (χ3n) is 4.10. The molecule has 102 valence electrons. The standard InChI is InChI=1S/C13H17N3O3/c14-11-8-4-3-7-19-13(8)12(11)15-9-5-1-2-6-10(9)16(17)18/h1-2,5-6,8,11-13,15H,3-4,7,14H2. The molecule has 2 aliphatic rings. The molecule has 3 rings (SSSR count). The summed E-state index contributed by atoms with van der Waals surface area (Å²) in [5.41, 5.74) is 6.73. The zero-order valence-electron chi connectivity index (χ0n) is 10.5. The van der Waals surface area contributed by atoms with Crippen LogP contribution in [0, 0.1) is 16.0 Å². The lowest BCUT2D eigenvalue weighted by Gasteiger charge is -2.52. The molecule has 0 spiro atoms. The van der Waals surface area contributed by atoms with E-state index in [0.29, 0.717) is 11.6 Å². The number of ether oxygens (including phenoxy) is 1. The second kappa shape index (κ2) is 4.79. The number of para-hydroxylation sites is 2. The Bertz CT molecular complexity index is 494. The van der Waals surface area contributed by atoms with Gasteiger partial charge in [0.05, 0.1) is 17.1 Å². The highest BCUT2D eigenvalue weighted by Crippen LogP contribution is 2.39. The molecule has 1 heterocycles. The summed E-state index contributed by atoms with van der Waals surface area (Å²) in [6, 6.07) is 6.60. The molecule has 6 nitrogen and oxygen atoms in total. The van der Waals surface area contributed by atoms with E-state index in [2.05, 4.69) is 5.32 Å². The van der Waals surface area contributed by atoms with Crippen molar-refractivity contribution in [1.82, 2.24) is 0 Å². The number of rotatable bonds is 3. The number of benzene rings is 1. The SMILES string of the molecule is NC1C2CCCOC2C1Nc1ccccc1[N+](=O)[O-]. The molecular formula is C13H17N3O3. The first-order chi connectivity index (χ1) is 9.18. The third kappa shape index (κ3) is 2.06. The predicted molar refractivity (Wildman–Crippen MR) is 70.9 cm³/mol. The van der Waals surface area contributed by atoms with Crippen molar-refractivity contribution >= 4 is 11.4 Å². The summed E-state index contributed by atoms with van der Waals surface area (Å²) in [7, 11) is 0. The maximum atomic E-state index is 11.0. The van der Waals surface area contributed by atoms with Crippen LogP contribution in [0.2, 0.25) is 0 Å². The average Bonchev–Trinajstić information content (AvgIpc) is 2.44. The molecule has 1 aliphatic carbocycles. The van der Waals surface area contributed by atoms with Crippen LogP contribution in [0.5, 0.6) is 0 Å². The number of nitrogens with one attached hydrogen (secondary N) is 1. The summed E-state index contributed by atoms with van der Waals surface area (Å²) < 4.78 is 5.72. The number of hydrogen-bond donors (Lipinski definition) is 2. The van der Waals surface area contributed by atoms with E-state index >= 15 is 0 Å². The molecule has 1 aromatic carbocycles. The van der Waals surface area contributed by atoms with Gasteiger partial charge in [-0.3, -0.25) is 10.1 Å². The highest BCUT2D eigenvalue weighted by atomic mass is 16.6. The van der Waals surface area contributed by atoms with E-state index in [1.54, 1.807) is 18.2 Å². The molecule has 6 heteroatoms. The van der Waals surface area contributed by atoms with Gasteiger partial charge in [0.15, 0.2) is 0 Å². The van der Waals surface area contributed by atoms with Crippen molar-refractivity contribution in [2.24, 2.45) is 11.7 Å². The van der Waals surface area contributed by atoms with Crippen LogP contribution in [0.25, 0.3) is 0 Å². The molecule has 2 fully saturated rings. The molecule has 4 atom stereocenters. The van der Waals surface area contributed by atoms with Crippen LogP contribution >= 0.6 is 0 Å². The lowest BCUT2D eigenvalue weighted by molar-refractivity contribution is -0.384. The van der Waals surface area contributed by atoms with Crippen LogP contribution < -0.4 is 11.1 Å². The highest BCUT2D eigenvalue weighted by molar-refractivity contribution is 5.62. The zero-order chi connectivity index (χ0) is 13.4. The van der Waals surface area contributed by atoms with E-state index in [9.17, 15) is 10.1 Å². The second-order valence-electron chi connectivity index (χ2n) is 5.16. The fourth-order valence-corrected chi connectivity index (χ4v) is 3.06. The number of nitro benzene ring substituents is 1. The first kappa shape index (κ1) is 12.4. The topological polar surface area (TPSA) is 90.4 Å². The summed E-state index contributed by atoms with van der Waals surface area (Å²) in [4.78, 5) is 10.6. The van der Waals surface area contributed by atoms with Crippen molar-refractivity contribution in [1.29, 1.82) is 0 Å². The summed E-state index contributed by atoms with van der Waals surface area (Å²) >= 11 is 0. The molecule has 0 bridgehead atoms. The van der Waals surface area contributed by atoms with Crippen LogP contribution in [-0.2, 0) is 4.74 Å². The Balaban J connectivity index is 1.77. The van der Waals surface area contributed by atoms with Gasteiger partial charge in [-0.1, -0.05) is 12.1 Å². The Morgan fingerprint density at radius 1 is 1.42 bits per heavy atom. The van der Waals surface area contributed by atoms with Crippen molar-refractivity contribution in [3.8, 4) is 0 Å². The summed E-state index contributed by atoms with van der Waals surface area (Å²) in [5.74, 6) is 0.383. The van der Waals surface area contributed by atoms with E-state index < -0.39 is 0 Å². The Kier molecular flexibility index (Phi) is 3.12. The Labute approximate surface area is 111 Å². The highest BCUT2D eigenvalue weighted by Gasteiger charge is 2.50. The molecule has 1 aromatic rings. The summed E-state index contributed by atoms with van der Waals surface area (Å²) in [6.07, 6.45) is 2.22. The minimum Gasteiger partial charge on any atom is -0.376 e. The van der Waals surface area contributed by atoms with E-state index in [4.69, 9.17) is 10.5 Å². The number of fused-ring (bicyclic) bond motifs is 1. The second-order valence-corrected chi connectivity index (χ2v) is 5.16. The van der Waals surface area contributed by atoms with Crippen LogP contribution in [0.1, 0.15) is 12.8 Å². The largest absolute Gasteiger partial charge is 0.376 e. The van der Waals surface area contributed by atoms with E-state index in [1.807, 2.05) is 0 Å². The first-order valence-electron chi connectivity index (χ1n) is 6.55. The molecule has 0 radical (unpaired) electrons. The van der Waals surface area contributed by atoms with Crippen LogP contribution in [0.15, 0.2) is 24.3 Å². The van der Waals surface area contributed by atoms with E-state index in [-0.39, 0.29) is 28.8 Å². The zero-order valence-corrected chi connectivity index (χ0v) is 10.5. The summed E-state index contributed by atoms with van der Waals surface area (Å²) in [6.45, 7) is 0.753. The minimum atomic E-state index is -0.383. The lowest BCUT2D eigenvalue weighted by atomic mass is 9.68. The Morgan fingerprint density at radius 2 is 2.21 bits per heavy atom. The molecule has 0 amide bonds. The average molecular weight is 263 g/mol. The number of nitrogens with zero attached hydrogens (tertiary/aromatic N) is 1. The van der Waals surface area contributed by atoms with Gasteiger partial charge in [0.25, 0.3) is 5.69 Å². The van der Waals surface area contributed by atoms with Gasteiger partial charge >= 0.3 is 0 Å². The van der Waals surface area contributed by atoms with Crippen LogP contribution in [0.4, 0.5) is 11.4 Å². The van der Waals surface area contributed by atoms with Crippen LogP contribution in [-0.4, -0.2) is 29.7 Å².